The summed E-state index contributed by atoms with van der Waals surface area (Å²) in [7, 11) is 0. The van der Waals surface area contributed by atoms with Crippen molar-refractivity contribution in [2.24, 2.45) is 5.14 Å². The average Bonchev–Trinajstić information content (AvgIpc) is 2.03. The lowest BCUT2D eigenvalue weighted by molar-refractivity contribution is 1.03. The van der Waals surface area contributed by atoms with Gasteiger partial charge >= 0.3 is 0 Å². The van der Waals surface area contributed by atoms with Crippen LogP contribution in [0.4, 0.5) is 0 Å². The Balaban J connectivity index is 3.36. The standard InChI is InChI=1S/C8H9N3S/c1-5-3-6(2)11-8(12-10)7(5)4-9/h3H,10H2,1-2H3. The molecule has 0 saturated carbocycles. The number of nitriles is 1. The summed E-state index contributed by atoms with van der Waals surface area (Å²) < 4.78 is 0. The molecule has 62 valence electrons. The van der Waals surface area contributed by atoms with E-state index in [-0.39, 0.29) is 0 Å². The largest absolute Gasteiger partial charge is 0.272 e. The molecular formula is C8H9N3S. The number of rotatable bonds is 1. The lowest BCUT2D eigenvalue weighted by Crippen LogP contribution is -1.95. The molecule has 0 aliphatic heterocycles. The van der Waals surface area contributed by atoms with Gasteiger partial charge in [0.05, 0.1) is 5.56 Å². The highest BCUT2D eigenvalue weighted by Gasteiger charge is 2.06. The van der Waals surface area contributed by atoms with Gasteiger partial charge in [0.15, 0.2) is 0 Å². The zero-order valence-corrected chi connectivity index (χ0v) is 7.77. The summed E-state index contributed by atoms with van der Waals surface area (Å²) in [4.78, 5) is 4.14. The van der Waals surface area contributed by atoms with Crippen LogP contribution >= 0.6 is 11.9 Å². The first kappa shape index (κ1) is 9.04. The molecule has 12 heavy (non-hydrogen) atoms. The van der Waals surface area contributed by atoms with Crippen molar-refractivity contribution >= 4 is 11.9 Å². The number of aromatic nitrogens is 1. The molecule has 0 fully saturated rings. The normalized spacial score (nSPS) is 9.50. The smallest absolute Gasteiger partial charge is 0.129 e. The fourth-order valence-electron chi connectivity index (χ4n) is 1.02. The van der Waals surface area contributed by atoms with E-state index < -0.39 is 0 Å². The van der Waals surface area contributed by atoms with E-state index in [2.05, 4.69) is 11.1 Å². The average molecular weight is 179 g/mol. The first-order valence-electron chi connectivity index (χ1n) is 3.44. The van der Waals surface area contributed by atoms with Crippen LogP contribution in [0.25, 0.3) is 0 Å². The van der Waals surface area contributed by atoms with Crippen LogP contribution in [0.2, 0.25) is 0 Å². The van der Waals surface area contributed by atoms with Gasteiger partial charge in [-0.15, -0.1) is 0 Å². The van der Waals surface area contributed by atoms with Crippen molar-refractivity contribution in [3.63, 3.8) is 0 Å². The van der Waals surface area contributed by atoms with Gasteiger partial charge in [-0.25, -0.2) is 4.98 Å². The SMILES string of the molecule is Cc1cc(C)c(C#N)c(SN)n1. The summed E-state index contributed by atoms with van der Waals surface area (Å²) in [5.74, 6) is 0. The second-order valence-corrected chi connectivity index (χ2v) is 3.11. The van der Waals surface area contributed by atoms with Crippen LogP contribution in [0.3, 0.4) is 0 Å². The Kier molecular flexibility index (Phi) is 2.69. The van der Waals surface area contributed by atoms with Gasteiger partial charge in [-0.1, -0.05) is 0 Å². The lowest BCUT2D eigenvalue weighted by Gasteiger charge is -2.03. The quantitative estimate of drug-likeness (QED) is 0.664. The van der Waals surface area contributed by atoms with Crippen LogP contribution in [-0.4, -0.2) is 4.98 Å². The van der Waals surface area contributed by atoms with Crippen LogP contribution in [0.15, 0.2) is 11.1 Å². The van der Waals surface area contributed by atoms with Crippen molar-refractivity contribution in [3.05, 3.63) is 22.9 Å². The van der Waals surface area contributed by atoms with Gasteiger partial charge in [0.25, 0.3) is 0 Å². The van der Waals surface area contributed by atoms with Crippen LogP contribution in [0, 0.1) is 25.2 Å². The molecule has 0 aliphatic carbocycles. The van der Waals surface area contributed by atoms with Crippen molar-refractivity contribution in [1.29, 1.82) is 5.26 Å². The van der Waals surface area contributed by atoms with Gasteiger partial charge in [-0.05, 0) is 37.4 Å². The Hall–Kier alpha value is -1.05. The van der Waals surface area contributed by atoms with E-state index in [4.69, 9.17) is 10.4 Å². The Morgan fingerprint density at radius 3 is 2.75 bits per heavy atom. The second kappa shape index (κ2) is 3.57. The van der Waals surface area contributed by atoms with Gasteiger partial charge in [-0.3, -0.25) is 5.14 Å². The van der Waals surface area contributed by atoms with E-state index in [0.29, 0.717) is 10.6 Å². The first-order valence-corrected chi connectivity index (χ1v) is 4.32. The predicted molar refractivity (Wildman–Crippen MR) is 48.5 cm³/mol. The number of aryl methyl sites for hydroxylation is 2. The summed E-state index contributed by atoms with van der Waals surface area (Å²) in [6, 6.07) is 3.95. The van der Waals surface area contributed by atoms with E-state index in [0.717, 1.165) is 23.2 Å². The van der Waals surface area contributed by atoms with Crippen molar-refractivity contribution in [3.8, 4) is 6.07 Å². The van der Waals surface area contributed by atoms with E-state index in [9.17, 15) is 0 Å². The molecule has 0 aliphatic rings. The summed E-state index contributed by atoms with van der Waals surface area (Å²) >= 11 is 1.01. The molecule has 4 heteroatoms. The van der Waals surface area contributed by atoms with Gasteiger partial charge in [-0.2, -0.15) is 5.26 Å². The van der Waals surface area contributed by atoms with E-state index in [1.165, 1.54) is 0 Å². The monoisotopic (exact) mass is 179 g/mol. The highest BCUT2D eigenvalue weighted by Crippen LogP contribution is 2.18. The Morgan fingerprint density at radius 2 is 2.25 bits per heavy atom. The number of hydrogen-bond donors (Lipinski definition) is 1. The van der Waals surface area contributed by atoms with Crippen LogP contribution in [-0.2, 0) is 0 Å². The maximum atomic E-state index is 8.76. The minimum absolute atomic E-state index is 0.577. The number of pyridine rings is 1. The van der Waals surface area contributed by atoms with Crippen LogP contribution in [0.1, 0.15) is 16.8 Å². The highest BCUT2D eigenvalue weighted by atomic mass is 32.2. The molecule has 0 radical (unpaired) electrons. The van der Waals surface area contributed by atoms with Gasteiger partial charge in [0, 0.05) is 5.69 Å². The minimum atomic E-state index is 0.577. The predicted octanol–water partition coefficient (Wildman–Crippen LogP) is 1.54. The summed E-state index contributed by atoms with van der Waals surface area (Å²) in [5, 5.41) is 14.7. The second-order valence-electron chi connectivity index (χ2n) is 2.49. The third-order valence-corrected chi connectivity index (χ3v) is 2.05. The van der Waals surface area contributed by atoms with Crippen LogP contribution in [0.5, 0.6) is 0 Å². The number of nitrogens with two attached hydrogens (primary N) is 1. The zero-order chi connectivity index (χ0) is 9.14. The lowest BCUT2D eigenvalue weighted by atomic mass is 10.1. The van der Waals surface area contributed by atoms with E-state index >= 15 is 0 Å². The molecule has 2 N–H and O–H groups in total. The van der Waals surface area contributed by atoms with Crippen molar-refractivity contribution in [2.75, 3.05) is 0 Å². The first-order chi connectivity index (χ1) is 5.69. The summed E-state index contributed by atoms with van der Waals surface area (Å²) in [6.07, 6.45) is 0. The number of nitrogens with zero attached hydrogens (tertiary/aromatic N) is 2. The molecule has 1 rings (SSSR count). The molecular weight excluding hydrogens is 170 g/mol. The molecule has 0 spiro atoms. The van der Waals surface area contributed by atoms with Crippen LogP contribution < -0.4 is 5.14 Å². The maximum Gasteiger partial charge on any atom is 0.129 e. The molecule has 3 nitrogen and oxygen atoms in total. The maximum absolute atomic E-state index is 8.76. The Bertz CT molecular complexity index is 341. The highest BCUT2D eigenvalue weighted by molar-refractivity contribution is 7.97. The summed E-state index contributed by atoms with van der Waals surface area (Å²) in [6.45, 7) is 3.76. The Morgan fingerprint density at radius 1 is 1.58 bits per heavy atom. The molecule has 0 amide bonds. The molecule has 1 aromatic heterocycles. The topological polar surface area (TPSA) is 62.7 Å². The third kappa shape index (κ3) is 1.58. The van der Waals surface area contributed by atoms with Gasteiger partial charge in [0.2, 0.25) is 0 Å². The molecule has 1 aromatic rings. The van der Waals surface area contributed by atoms with Crippen molar-refractivity contribution < 1.29 is 0 Å². The molecule has 0 saturated heterocycles. The number of hydrogen-bond acceptors (Lipinski definition) is 4. The van der Waals surface area contributed by atoms with E-state index in [1.54, 1.807) is 0 Å². The van der Waals surface area contributed by atoms with E-state index in [1.807, 2.05) is 19.9 Å². The Labute approximate surface area is 75.7 Å². The minimum Gasteiger partial charge on any atom is -0.272 e. The molecule has 0 aromatic carbocycles. The third-order valence-electron chi connectivity index (χ3n) is 1.53. The molecule has 0 bridgehead atoms. The van der Waals surface area contributed by atoms with Crippen molar-refractivity contribution in [1.82, 2.24) is 4.98 Å². The molecule has 1 heterocycles. The molecule has 0 unspecified atom stereocenters. The van der Waals surface area contributed by atoms with Crippen molar-refractivity contribution in [2.45, 2.75) is 18.9 Å². The molecule has 0 atom stereocenters. The zero-order valence-electron chi connectivity index (χ0n) is 6.96. The fraction of sp³-hybridized carbons (Fsp3) is 0.250. The fourth-order valence-corrected chi connectivity index (χ4v) is 1.54. The van der Waals surface area contributed by atoms with Gasteiger partial charge in [0.1, 0.15) is 11.1 Å². The summed E-state index contributed by atoms with van der Waals surface area (Å²) in [5.41, 5.74) is 2.39. The van der Waals surface area contributed by atoms with Gasteiger partial charge < -0.3 is 0 Å².